The van der Waals surface area contributed by atoms with Crippen molar-refractivity contribution in [2.24, 2.45) is 29.6 Å². The lowest BCUT2D eigenvalue weighted by atomic mass is 9.52. The maximum Gasteiger partial charge on any atom is 0.104 e. The summed E-state index contributed by atoms with van der Waals surface area (Å²) < 4.78 is 2.12. The molecule has 4 bridgehead atoms. The number of nitrogen functional groups attached to an aromatic ring is 1. The van der Waals surface area contributed by atoms with Gasteiger partial charge in [0, 0.05) is 12.7 Å². The van der Waals surface area contributed by atoms with E-state index in [9.17, 15) is 0 Å². The van der Waals surface area contributed by atoms with Gasteiger partial charge in [0.1, 0.15) is 11.9 Å². The van der Waals surface area contributed by atoms with E-state index < -0.39 is 0 Å². The van der Waals surface area contributed by atoms with E-state index in [0.717, 1.165) is 42.0 Å². The molecule has 0 unspecified atom stereocenters. The lowest BCUT2D eigenvalue weighted by Gasteiger charge is -2.54. The molecular formula is C16H21N3. The maximum atomic E-state index is 8.96. The minimum absolute atomic E-state index is 0.696. The number of anilines is 1. The third-order valence-corrected chi connectivity index (χ3v) is 5.89. The van der Waals surface area contributed by atoms with E-state index in [0.29, 0.717) is 5.56 Å². The van der Waals surface area contributed by atoms with Gasteiger partial charge in [0.05, 0.1) is 5.56 Å². The van der Waals surface area contributed by atoms with Crippen LogP contribution in [-0.2, 0) is 6.54 Å². The van der Waals surface area contributed by atoms with Crippen molar-refractivity contribution in [2.45, 2.75) is 38.6 Å². The molecule has 4 saturated carbocycles. The Hall–Kier alpha value is -1.43. The molecule has 0 saturated heterocycles. The number of hydrogen-bond acceptors (Lipinski definition) is 2. The number of hydrogen-bond donors (Lipinski definition) is 1. The van der Waals surface area contributed by atoms with E-state index in [1.165, 1.54) is 32.1 Å². The average Bonchev–Trinajstić information content (AvgIpc) is 2.74. The SMILES string of the molecule is N#Cc1cc(N)n(CC2C3CC4CC(C3)CC2C4)c1. The van der Waals surface area contributed by atoms with Crippen molar-refractivity contribution in [3.8, 4) is 6.07 Å². The van der Waals surface area contributed by atoms with Crippen LogP contribution in [0.15, 0.2) is 12.3 Å². The Morgan fingerprint density at radius 2 is 1.79 bits per heavy atom. The molecule has 0 spiro atoms. The van der Waals surface area contributed by atoms with E-state index in [1.807, 2.05) is 6.20 Å². The third-order valence-electron chi connectivity index (χ3n) is 5.89. The molecule has 3 nitrogen and oxygen atoms in total. The third kappa shape index (κ3) is 1.77. The smallest absolute Gasteiger partial charge is 0.104 e. The van der Waals surface area contributed by atoms with Gasteiger partial charge in [-0.25, -0.2) is 0 Å². The average molecular weight is 255 g/mol. The van der Waals surface area contributed by atoms with E-state index in [-0.39, 0.29) is 0 Å². The molecular weight excluding hydrogens is 234 g/mol. The first-order chi connectivity index (χ1) is 9.22. The van der Waals surface area contributed by atoms with E-state index in [4.69, 9.17) is 11.0 Å². The van der Waals surface area contributed by atoms with Gasteiger partial charge in [-0.1, -0.05) is 0 Å². The lowest BCUT2D eigenvalue weighted by Crippen LogP contribution is -2.46. The molecule has 1 aromatic heterocycles. The minimum atomic E-state index is 0.696. The first kappa shape index (κ1) is 11.4. The highest BCUT2D eigenvalue weighted by molar-refractivity contribution is 5.41. The van der Waals surface area contributed by atoms with Crippen molar-refractivity contribution in [1.82, 2.24) is 4.57 Å². The number of nitrogens with two attached hydrogens (primary N) is 1. The quantitative estimate of drug-likeness (QED) is 0.883. The zero-order chi connectivity index (χ0) is 13.0. The zero-order valence-corrected chi connectivity index (χ0v) is 11.3. The van der Waals surface area contributed by atoms with Crippen LogP contribution < -0.4 is 5.73 Å². The van der Waals surface area contributed by atoms with Crippen LogP contribution in [0.2, 0.25) is 0 Å². The van der Waals surface area contributed by atoms with Crippen LogP contribution >= 0.6 is 0 Å². The Morgan fingerprint density at radius 1 is 1.16 bits per heavy atom. The molecule has 0 atom stereocenters. The topological polar surface area (TPSA) is 54.7 Å². The summed E-state index contributed by atoms with van der Waals surface area (Å²) >= 11 is 0. The second-order valence-electron chi connectivity index (χ2n) is 7.01. The standard InChI is InChI=1S/C16H21N3/c17-7-12-6-16(18)19(8-12)9-15-13-2-10-1-11(4-13)5-14(15)3-10/h6,8,10-11,13-15H,1-5,9,18H2. The summed E-state index contributed by atoms with van der Waals surface area (Å²) in [7, 11) is 0. The number of rotatable bonds is 2. The zero-order valence-electron chi connectivity index (χ0n) is 11.3. The summed E-state index contributed by atoms with van der Waals surface area (Å²) in [6.45, 7) is 1.03. The Labute approximate surface area is 114 Å². The molecule has 0 aliphatic heterocycles. The van der Waals surface area contributed by atoms with Crippen molar-refractivity contribution < 1.29 is 0 Å². The summed E-state index contributed by atoms with van der Waals surface area (Å²) in [5.41, 5.74) is 6.73. The van der Waals surface area contributed by atoms with Gasteiger partial charge in [-0.05, 0) is 67.8 Å². The van der Waals surface area contributed by atoms with Crippen molar-refractivity contribution in [3.63, 3.8) is 0 Å². The summed E-state index contributed by atoms with van der Waals surface area (Å²) in [6, 6.07) is 3.99. The maximum absolute atomic E-state index is 8.96. The van der Waals surface area contributed by atoms with Gasteiger partial charge in [-0.2, -0.15) is 5.26 Å². The highest BCUT2D eigenvalue weighted by Gasteiger charge is 2.48. The van der Waals surface area contributed by atoms with Gasteiger partial charge in [0.15, 0.2) is 0 Å². The Bertz CT molecular complexity index is 509. The van der Waals surface area contributed by atoms with E-state index >= 15 is 0 Å². The molecule has 0 aromatic carbocycles. The molecule has 4 aliphatic rings. The highest BCUT2D eigenvalue weighted by atomic mass is 15.0. The van der Waals surface area contributed by atoms with Crippen LogP contribution in [0.1, 0.15) is 37.7 Å². The summed E-state index contributed by atoms with van der Waals surface area (Å²) in [5, 5.41) is 8.96. The highest BCUT2D eigenvalue weighted by Crippen LogP contribution is 2.56. The molecule has 4 fully saturated rings. The van der Waals surface area contributed by atoms with E-state index in [1.54, 1.807) is 6.07 Å². The van der Waals surface area contributed by atoms with Crippen LogP contribution in [0.3, 0.4) is 0 Å². The number of nitrogens with zero attached hydrogens (tertiary/aromatic N) is 2. The fraction of sp³-hybridized carbons (Fsp3) is 0.688. The monoisotopic (exact) mass is 255 g/mol. The van der Waals surface area contributed by atoms with Gasteiger partial charge < -0.3 is 10.3 Å². The molecule has 3 heteroatoms. The van der Waals surface area contributed by atoms with Gasteiger partial charge >= 0.3 is 0 Å². The molecule has 1 heterocycles. The minimum Gasteiger partial charge on any atom is -0.385 e. The van der Waals surface area contributed by atoms with Gasteiger partial charge in [-0.3, -0.25) is 0 Å². The molecule has 0 radical (unpaired) electrons. The summed E-state index contributed by atoms with van der Waals surface area (Å²) in [6.07, 6.45) is 9.23. The van der Waals surface area contributed by atoms with Crippen LogP contribution in [0.4, 0.5) is 5.82 Å². The Kier molecular flexibility index (Phi) is 2.42. The Morgan fingerprint density at radius 3 is 2.32 bits per heavy atom. The predicted molar refractivity (Wildman–Crippen MR) is 74.1 cm³/mol. The molecule has 1 aromatic rings. The van der Waals surface area contributed by atoms with Gasteiger partial charge in [-0.15, -0.1) is 0 Å². The summed E-state index contributed by atoms with van der Waals surface area (Å²) in [5.74, 6) is 5.44. The molecule has 4 aliphatic carbocycles. The second-order valence-corrected chi connectivity index (χ2v) is 7.01. The van der Waals surface area contributed by atoms with Gasteiger partial charge in [0.2, 0.25) is 0 Å². The lowest BCUT2D eigenvalue weighted by molar-refractivity contribution is -0.0427. The second kappa shape index (κ2) is 4.03. The van der Waals surface area contributed by atoms with Crippen molar-refractivity contribution in [3.05, 3.63) is 17.8 Å². The largest absolute Gasteiger partial charge is 0.385 e. The fourth-order valence-electron chi connectivity index (χ4n) is 5.30. The number of aromatic nitrogens is 1. The predicted octanol–water partition coefficient (Wildman–Crippen LogP) is 3.01. The van der Waals surface area contributed by atoms with Crippen molar-refractivity contribution >= 4 is 5.82 Å². The van der Waals surface area contributed by atoms with Gasteiger partial charge in [0.25, 0.3) is 0 Å². The molecule has 2 N–H and O–H groups in total. The van der Waals surface area contributed by atoms with Crippen LogP contribution in [-0.4, -0.2) is 4.57 Å². The molecule has 0 amide bonds. The van der Waals surface area contributed by atoms with Crippen LogP contribution in [0, 0.1) is 40.9 Å². The van der Waals surface area contributed by atoms with Crippen LogP contribution in [0.5, 0.6) is 0 Å². The van der Waals surface area contributed by atoms with Crippen LogP contribution in [0.25, 0.3) is 0 Å². The van der Waals surface area contributed by atoms with Crippen molar-refractivity contribution in [2.75, 3.05) is 5.73 Å². The molecule has 5 rings (SSSR count). The summed E-state index contributed by atoms with van der Waals surface area (Å²) in [4.78, 5) is 0. The van der Waals surface area contributed by atoms with E-state index in [2.05, 4.69) is 10.6 Å². The first-order valence-electron chi connectivity index (χ1n) is 7.58. The fourth-order valence-corrected chi connectivity index (χ4v) is 5.30. The molecule has 100 valence electrons. The molecule has 19 heavy (non-hydrogen) atoms. The number of nitriles is 1. The normalized spacial score (nSPS) is 39.4. The van der Waals surface area contributed by atoms with Crippen molar-refractivity contribution in [1.29, 1.82) is 5.26 Å². The Balaban J connectivity index is 1.57. The first-order valence-corrected chi connectivity index (χ1v) is 7.58.